The van der Waals surface area contributed by atoms with E-state index in [0.29, 0.717) is 36.5 Å². The molecule has 8 heteroatoms. The predicted octanol–water partition coefficient (Wildman–Crippen LogP) is 3.10. The van der Waals surface area contributed by atoms with E-state index in [0.717, 1.165) is 11.3 Å². The second kappa shape index (κ2) is 8.36. The summed E-state index contributed by atoms with van der Waals surface area (Å²) in [7, 11) is 1.60. The molecule has 0 bridgehead atoms. The zero-order chi connectivity index (χ0) is 21.1. The zero-order valence-corrected chi connectivity index (χ0v) is 16.4. The van der Waals surface area contributed by atoms with Crippen molar-refractivity contribution in [3.63, 3.8) is 0 Å². The van der Waals surface area contributed by atoms with Gasteiger partial charge in [0.15, 0.2) is 0 Å². The molecule has 1 aliphatic heterocycles. The topological polar surface area (TPSA) is 87.3 Å². The van der Waals surface area contributed by atoms with Crippen molar-refractivity contribution in [2.24, 2.45) is 0 Å². The number of nitrogens with zero attached hydrogens (tertiary/aromatic N) is 2. The Labute approximate surface area is 172 Å². The van der Waals surface area contributed by atoms with Crippen LogP contribution in [0.15, 0.2) is 53.3 Å². The number of aromatic nitrogens is 2. The van der Waals surface area contributed by atoms with Crippen molar-refractivity contribution in [1.29, 1.82) is 0 Å². The summed E-state index contributed by atoms with van der Waals surface area (Å²) in [5.74, 6) is 0.797. The molecule has 1 aromatic heterocycles. The first-order chi connectivity index (χ1) is 14.5. The molecule has 30 heavy (non-hydrogen) atoms. The summed E-state index contributed by atoms with van der Waals surface area (Å²) >= 11 is 0. The molecular formula is C22H21FN4O3. The van der Waals surface area contributed by atoms with E-state index in [1.165, 1.54) is 17.0 Å². The third-order valence-electron chi connectivity index (χ3n) is 5.03. The minimum atomic E-state index is -0.509. The van der Waals surface area contributed by atoms with Crippen LogP contribution in [0.2, 0.25) is 0 Å². The van der Waals surface area contributed by atoms with Gasteiger partial charge in [0, 0.05) is 19.4 Å². The first kappa shape index (κ1) is 19.6. The number of rotatable bonds is 4. The second-order valence-corrected chi connectivity index (χ2v) is 7.05. The number of methoxy groups -OCH3 is 1. The van der Waals surface area contributed by atoms with Crippen molar-refractivity contribution >= 4 is 11.7 Å². The molecule has 154 valence electrons. The Morgan fingerprint density at radius 2 is 2.10 bits per heavy atom. The number of carbonyl (C=O) groups is 1. The first-order valence-corrected chi connectivity index (χ1v) is 9.58. The monoisotopic (exact) mass is 408 g/mol. The molecule has 0 saturated heterocycles. The van der Waals surface area contributed by atoms with Crippen molar-refractivity contribution in [1.82, 2.24) is 14.9 Å². The highest BCUT2D eigenvalue weighted by molar-refractivity contribution is 5.89. The molecule has 0 fully saturated rings. The van der Waals surface area contributed by atoms with E-state index < -0.39 is 11.8 Å². The van der Waals surface area contributed by atoms with Gasteiger partial charge in [-0.25, -0.2) is 14.2 Å². The molecule has 2 aromatic carbocycles. The number of benzene rings is 2. The average molecular weight is 408 g/mol. The average Bonchev–Trinajstić information content (AvgIpc) is 2.75. The number of hydrogen-bond donors (Lipinski definition) is 2. The van der Waals surface area contributed by atoms with Crippen LogP contribution in [-0.2, 0) is 19.4 Å². The molecular weight excluding hydrogens is 387 g/mol. The van der Waals surface area contributed by atoms with Crippen LogP contribution in [0.1, 0.15) is 22.6 Å². The van der Waals surface area contributed by atoms with Crippen LogP contribution in [-0.4, -0.2) is 34.6 Å². The molecule has 0 saturated carbocycles. The molecule has 2 heterocycles. The minimum absolute atomic E-state index is 0.106. The van der Waals surface area contributed by atoms with E-state index >= 15 is 0 Å². The summed E-state index contributed by atoms with van der Waals surface area (Å²) in [4.78, 5) is 34.0. The Balaban J connectivity index is 1.50. The Morgan fingerprint density at radius 3 is 2.90 bits per heavy atom. The lowest BCUT2D eigenvalue weighted by atomic mass is 10.1. The minimum Gasteiger partial charge on any atom is -0.497 e. The third-order valence-corrected chi connectivity index (χ3v) is 5.03. The van der Waals surface area contributed by atoms with Crippen molar-refractivity contribution in [2.75, 3.05) is 19.0 Å². The van der Waals surface area contributed by atoms with Crippen molar-refractivity contribution in [2.45, 2.75) is 19.4 Å². The molecule has 2 amide bonds. The number of aromatic amines is 1. The molecule has 0 aliphatic carbocycles. The number of amides is 2. The molecule has 2 N–H and O–H groups in total. The maximum atomic E-state index is 13.8. The van der Waals surface area contributed by atoms with Gasteiger partial charge in [0.1, 0.15) is 17.4 Å². The summed E-state index contributed by atoms with van der Waals surface area (Å²) in [5, 5.41) is 2.55. The number of ether oxygens (including phenoxy) is 1. The lowest BCUT2D eigenvalue weighted by Crippen LogP contribution is -2.42. The fraction of sp³-hybridized carbons (Fsp3) is 0.227. The van der Waals surface area contributed by atoms with Gasteiger partial charge >= 0.3 is 6.03 Å². The zero-order valence-electron chi connectivity index (χ0n) is 16.4. The number of urea groups is 1. The first-order valence-electron chi connectivity index (χ1n) is 9.58. The lowest BCUT2D eigenvalue weighted by molar-refractivity contribution is 0.205. The Kier molecular flexibility index (Phi) is 5.47. The van der Waals surface area contributed by atoms with Gasteiger partial charge in [-0.1, -0.05) is 24.3 Å². The second-order valence-electron chi connectivity index (χ2n) is 7.05. The fourth-order valence-electron chi connectivity index (χ4n) is 3.47. The molecule has 0 spiro atoms. The molecule has 0 atom stereocenters. The van der Waals surface area contributed by atoms with Crippen LogP contribution < -0.4 is 15.6 Å². The van der Waals surface area contributed by atoms with E-state index in [2.05, 4.69) is 15.3 Å². The molecule has 4 rings (SSSR count). The quantitative estimate of drug-likeness (QED) is 0.695. The number of hydrogen-bond acceptors (Lipinski definition) is 4. The smallest absolute Gasteiger partial charge is 0.322 e. The number of H-pyrrole nitrogens is 1. The van der Waals surface area contributed by atoms with Gasteiger partial charge in [-0.2, -0.15) is 0 Å². The van der Waals surface area contributed by atoms with E-state index in [9.17, 15) is 14.0 Å². The largest absolute Gasteiger partial charge is 0.497 e. The number of carbonyl (C=O) groups excluding carboxylic acids is 1. The molecule has 7 nitrogen and oxygen atoms in total. The third kappa shape index (κ3) is 4.17. The standard InChI is InChI=1S/C22H21FN4O3/c1-30-15-6-4-5-14(11-15)12-20-24-18-9-10-27(13-16(18)21(28)26-20)22(29)25-19-8-3-2-7-17(19)23/h2-8,11H,9-10,12-13H2,1H3,(H,25,29)(H,24,26,28). The van der Waals surface area contributed by atoms with Gasteiger partial charge in [0.2, 0.25) is 0 Å². The highest BCUT2D eigenvalue weighted by Gasteiger charge is 2.25. The van der Waals surface area contributed by atoms with Gasteiger partial charge in [-0.3, -0.25) is 4.79 Å². The highest BCUT2D eigenvalue weighted by Crippen LogP contribution is 2.19. The highest BCUT2D eigenvalue weighted by atomic mass is 19.1. The van der Waals surface area contributed by atoms with Gasteiger partial charge in [0.05, 0.1) is 30.6 Å². The Morgan fingerprint density at radius 1 is 1.27 bits per heavy atom. The predicted molar refractivity (Wildman–Crippen MR) is 110 cm³/mol. The van der Waals surface area contributed by atoms with Crippen LogP contribution >= 0.6 is 0 Å². The summed E-state index contributed by atoms with van der Waals surface area (Å²) < 4.78 is 19.0. The van der Waals surface area contributed by atoms with Crippen LogP contribution in [0.5, 0.6) is 5.75 Å². The molecule has 3 aromatic rings. The van der Waals surface area contributed by atoms with E-state index in [4.69, 9.17) is 4.74 Å². The normalized spacial score (nSPS) is 12.9. The molecule has 1 aliphatic rings. The maximum Gasteiger partial charge on any atom is 0.322 e. The van der Waals surface area contributed by atoms with Crippen LogP contribution in [0.3, 0.4) is 0 Å². The van der Waals surface area contributed by atoms with Gasteiger partial charge < -0.3 is 19.9 Å². The Bertz CT molecular complexity index is 1150. The number of halogens is 1. The van der Waals surface area contributed by atoms with Crippen LogP contribution in [0, 0.1) is 5.82 Å². The van der Waals surface area contributed by atoms with Crippen LogP contribution in [0.25, 0.3) is 0 Å². The molecule has 0 unspecified atom stereocenters. The summed E-state index contributed by atoms with van der Waals surface area (Å²) in [6, 6.07) is 13.1. The van der Waals surface area contributed by atoms with Gasteiger partial charge in [-0.05, 0) is 29.8 Å². The van der Waals surface area contributed by atoms with E-state index in [1.807, 2.05) is 24.3 Å². The number of para-hydroxylation sites is 1. The summed E-state index contributed by atoms with van der Waals surface area (Å²) in [6.45, 7) is 0.514. The molecule has 0 radical (unpaired) electrons. The summed E-state index contributed by atoms with van der Waals surface area (Å²) in [6.07, 6.45) is 0.923. The number of fused-ring (bicyclic) bond motifs is 1. The lowest BCUT2D eigenvalue weighted by Gasteiger charge is -2.28. The van der Waals surface area contributed by atoms with Gasteiger partial charge in [0.25, 0.3) is 5.56 Å². The van der Waals surface area contributed by atoms with Crippen molar-refractivity contribution in [3.8, 4) is 5.75 Å². The summed E-state index contributed by atoms with van der Waals surface area (Å²) in [5.41, 5.74) is 1.96. The SMILES string of the molecule is COc1cccc(Cc2nc3c(c(=O)[nH]2)CN(C(=O)Nc2ccccc2F)CC3)c1. The van der Waals surface area contributed by atoms with Crippen molar-refractivity contribution in [3.05, 3.63) is 87.3 Å². The van der Waals surface area contributed by atoms with Crippen LogP contribution in [0.4, 0.5) is 14.9 Å². The number of nitrogens with one attached hydrogen (secondary N) is 2. The number of anilines is 1. The van der Waals surface area contributed by atoms with Gasteiger partial charge in [-0.15, -0.1) is 0 Å². The van der Waals surface area contributed by atoms with E-state index in [-0.39, 0.29) is 17.8 Å². The van der Waals surface area contributed by atoms with E-state index in [1.54, 1.807) is 19.2 Å². The maximum absolute atomic E-state index is 13.8. The Hall–Kier alpha value is -3.68. The fourth-order valence-corrected chi connectivity index (χ4v) is 3.47. The van der Waals surface area contributed by atoms with Crippen molar-refractivity contribution < 1.29 is 13.9 Å².